The third kappa shape index (κ3) is 2.54. The number of hydrogen-bond acceptors (Lipinski definition) is 2. The molecule has 3 heteroatoms. The fourth-order valence-corrected chi connectivity index (χ4v) is 2.90. The summed E-state index contributed by atoms with van der Waals surface area (Å²) in [6.07, 6.45) is 7.97. The first kappa shape index (κ1) is 13.5. The molecule has 1 heterocycles. The van der Waals surface area contributed by atoms with Crippen molar-refractivity contribution in [2.75, 3.05) is 13.6 Å². The monoisotopic (exact) mass is 287 g/mol. The lowest BCUT2D eigenvalue weighted by atomic mass is 9.97. The van der Waals surface area contributed by atoms with Crippen LogP contribution in [0.5, 0.6) is 0 Å². The zero-order valence-corrected chi connectivity index (χ0v) is 12.3. The van der Waals surface area contributed by atoms with Gasteiger partial charge in [-0.2, -0.15) is 0 Å². The van der Waals surface area contributed by atoms with Gasteiger partial charge < -0.3 is 10.1 Å². The Morgan fingerprint density at radius 2 is 2.05 bits per heavy atom. The quantitative estimate of drug-likeness (QED) is 0.856. The van der Waals surface area contributed by atoms with Gasteiger partial charge in [0.15, 0.2) is 0 Å². The van der Waals surface area contributed by atoms with Crippen LogP contribution in [-0.2, 0) is 4.74 Å². The van der Waals surface area contributed by atoms with Crippen LogP contribution >= 0.6 is 11.6 Å². The Bertz CT molecular complexity index is 687. The molecule has 1 atom stereocenters. The number of benzene rings is 1. The minimum atomic E-state index is -0.00279. The van der Waals surface area contributed by atoms with Gasteiger partial charge in [0.2, 0.25) is 0 Å². The maximum atomic E-state index is 6.17. The molecule has 0 fully saturated rings. The molecule has 1 aromatic carbocycles. The minimum absolute atomic E-state index is 0.00279. The molecule has 2 nitrogen and oxygen atoms in total. The maximum Gasteiger partial charge on any atom is 0.142 e. The largest absolute Gasteiger partial charge is 0.485 e. The van der Waals surface area contributed by atoms with E-state index in [0.29, 0.717) is 0 Å². The summed E-state index contributed by atoms with van der Waals surface area (Å²) in [6.45, 7) is 0.998. The zero-order chi connectivity index (χ0) is 13.9. The lowest BCUT2D eigenvalue weighted by Gasteiger charge is -2.26. The molecule has 0 saturated heterocycles. The van der Waals surface area contributed by atoms with E-state index in [1.807, 2.05) is 25.3 Å². The van der Waals surface area contributed by atoms with Crippen molar-refractivity contribution in [2.45, 2.75) is 18.9 Å². The summed E-state index contributed by atoms with van der Waals surface area (Å²) < 4.78 is 6.17. The van der Waals surface area contributed by atoms with Gasteiger partial charge in [0.25, 0.3) is 0 Å². The fraction of sp³-hybridized carbons (Fsp3) is 0.294. The fourth-order valence-electron chi connectivity index (χ4n) is 2.71. The van der Waals surface area contributed by atoms with Gasteiger partial charge in [-0.25, -0.2) is 0 Å². The second-order valence-electron chi connectivity index (χ2n) is 5.06. The number of ether oxygens (including phenoxy) is 1. The average molecular weight is 288 g/mol. The molecule has 1 unspecified atom stereocenters. The Hall–Kier alpha value is -1.51. The first-order valence-electron chi connectivity index (χ1n) is 6.98. The van der Waals surface area contributed by atoms with Gasteiger partial charge in [-0.3, -0.25) is 0 Å². The van der Waals surface area contributed by atoms with Crippen LogP contribution in [0, 0.1) is 0 Å². The van der Waals surface area contributed by atoms with Crippen molar-refractivity contribution in [1.82, 2.24) is 5.32 Å². The lowest BCUT2D eigenvalue weighted by Crippen LogP contribution is -2.38. The van der Waals surface area contributed by atoms with Crippen LogP contribution in [0.15, 0.2) is 47.5 Å². The van der Waals surface area contributed by atoms with E-state index in [1.54, 1.807) is 0 Å². The van der Waals surface area contributed by atoms with Gasteiger partial charge in [-0.05, 0) is 43.5 Å². The molecule has 1 N–H and O–H groups in total. The summed E-state index contributed by atoms with van der Waals surface area (Å²) in [5, 5.41) is 6.38. The Kier molecular flexibility index (Phi) is 3.95. The molecule has 3 rings (SSSR count). The Morgan fingerprint density at radius 3 is 2.85 bits per heavy atom. The SMILES string of the molecule is CNCCCC1=c2ccccc2=C2C=C(Cl)C=CC2O1. The van der Waals surface area contributed by atoms with Crippen LogP contribution in [0.25, 0.3) is 11.3 Å². The van der Waals surface area contributed by atoms with Gasteiger partial charge in [0.1, 0.15) is 11.9 Å². The van der Waals surface area contributed by atoms with Crippen LogP contribution in [0.3, 0.4) is 0 Å². The third-order valence-corrected chi connectivity index (χ3v) is 3.90. The molecule has 0 spiro atoms. The number of nitrogens with one attached hydrogen (secondary N) is 1. The van der Waals surface area contributed by atoms with E-state index < -0.39 is 0 Å². The van der Waals surface area contributed by atoms with Gasteiger partial charge >= 0.3 is 0 Å². The van der Waals surface area contributed by atoms with Gasteiger partial charge in [-0.1, -0.05) is 35.9 Å². The Balaban J connectivity index is 2.11. The summed E-state index contributed by atoms with van der Waals surface area (Å²) in [5.41, 5.74) is 1.16. The zero-order valence-electron chi connectivity index (χ0n) is 11.5. The first-order chi connectivity index (χ1) is 9.79. The number of hydrogen-bond donors (Lipinski definition) is 1. The van der Waals surface area contributed by atoms with E-state index in [-0.39, 0.29) is 6.10 Å². The van der Waals surface area contributed by atoms with E-state index in [0.717, 1.165) is 35.8 Å². The molecule has 1 aliphatic carbocycles. The standard InChI is InChI=1S/C17H18ClNO/c1-19-10-4-7-16-14-6-3-2-5-13(14)15-11-12(18)8-9-17(15)20-16/h2-3,5-6,8-9,11,17,19H,4,7,10H2,1H3. The highest BCUT2D eigenvalue weighted by Gasteiger charge is 2.21. The van der Waals surface area contributed by atoms with E-state index in [1.165, 1.54) is 10.4 Å². The van der Waals surface area contributed by atoms with E-state index >= 15 is 0 Å². The van der Waals surface area contributed by atoms with E-state index in [9.17, 15) is 0 Å². The number of allylic oxidation sites excluding steroid dienone is 2. The topological polar surface area (TPSA) is 21.3 Å². The smallest absolute Gasteiger partial charge is 0.142 e. The predicted octanol–water partition coefficient (Wildman–Crippen LogP) is 2.04. The lowest BCUT2D eigenvalue weighted by molar-refractivity contribution is 0.242. The van der Waals surface area contributed by atoms with E-state index in [2.05, 4.69) is 29.6 Å². The molecule has 0 amide bonds. The van der Waals surface area contributed by atoms with Gasteiger partial charge in [0, 0.05) is 22.2 Å². The number of fused-ring (bicyclic) bond motifs is 2. The molecule has 0 saturated carbocycles. The minimum Gasteiger partial charge on any atom is -0.485 e. The highest BCUT2D eigenvalue weighted by Crippen LogP contribution is 2.26. The summed E-state index contributed by atoms with van der Waals surface area (Å²) >= 11 is 6.12. The second-order valence-corrected chi connectivity index (χ2v) is 5.49. The van der Waals surface area contributed by atoms with Crippen molar-refractivity contribution in [3.8, 4) is 0 Å². The molecule has 20 heavy (non-hydrogen) atoms. The van der Waals surface area contributed by atoms with Crippen LogP contribution in [0.1, 0.15) is 12.8 Å². The summed E-state index contributed by atoms with van der Waals surface area (Å²) in [4.78, 5) is 0. The van der Waals surface area contributed by atoms with E-state index in [4.69, 9.17) is 16.3 Å². The van der Waals surface area contributed by atoms with Crippen LogP contribution in [-0.4, -0.2) is 19.7 Å². The number of halogens is 1. The molecular weight excluding hydrogens is 270 g/mol. The van der Waals surface area contributed by atoms with Gasteiger partial charge in [0.05, 0.1) is 0 Å². The highest BCUT2D eigenvalue weighted by atomic mass is 35.5. The van der Waals surface area contributed by atoms with Crippen LogP contribution in [0.2, 0.25) is 0 Å². The van der Waals surface area contributed by atoms with Crippen molar-refractivity contribution in [3.05, 3.63) is 58.0 Å². The van der Waals surface area contributed by atoms with Gasteiger partial charge in [-0.15, -0.1) is 0 Å². The molecule has 0 radical (unpaired) electrons. The Morgan fingerprint density at radius 1 is 1.25 bits per heavy atom. The molecular formula is C17H18ClNO. The Labute approximate surface area is 124 Å². The normalized spacial score (nSPS) is 20.1. The maximum absolute atomic E-state index is 6.17. The molecule has 1 aliphatic heterocycles. The van der Waals surface area contributed by atoms with Crippen molar-refractivity contribution in [1.29, 1.82) is 0 Å². The third-order valence-electron chi connectivity index (χ3n) is 3.67. The van der Waals surface area contributed by atoms with Crippen molar-refractivity contribution >= 4 is 22.9 Å². The second kappa shape index (κ2) is 5.86. The average Bonchev–Trinajstić information content (AvgIpc) is 2.48. The van der Waals surface area contributed by atoms with Crippen molar-refractivity contribution in [3.63, 3.8) is 0 Å². The number of rotatable bonds is 4. The molecule has 0 bridgehead atoms. The van der Waals surface area contributed by atoms with Crippen molar-refractivity contribution < 1.29 is 4.74 Å². The summed E-state index contributed by atoms with van der Waals surface area (Å²) in [6, 6.07) is 8.41. The predicted molar refractivity (Wildman–Crippen MR) is 83.6 cm³/mol. The summed E-state index contributed by atoms with van der Waals surface area (Å²) in [5.74, 6) is 1.08. The highest BCUT2D eigenvalue weighted by molar-refractivity contribution is 6.32. The van der Waals surface area contributed by atoms with Crippen molar-refractivity contribution in [2.24, 2.45) is 0 Å². The summed E-state index contributed by atoms with van der Waals surface area (Å²) in [7, 11) is 1.98. The van der Waals surface area contributed by atoms with Crippen LogP contribution < -0.4 is 15.8 Å². The molecule has 2 aliphatic rings. The molecule has 0 aromatic heterocycles. The molecule has 104 valence electrons. The first-order valence-corrected chi connectivity index (χ1v) is 7.36. The molecule has 1 aromatic rings. The van der Waals surface area contributed by atoms with Crippen LogP contribution in [0.4, 0.5) is 0 Å².